The van der Waals surface area contributed by atoms with E-state index in [0.29, 0.717) is 5.92 Å². The van der Waals surface area contributed by atoms with E-state index in [2.05, 4.69) is 76.7 Å². The second-order valence-corrected chi connectivity index (χ2v) is 8.66. The number of rotatable bonds is 6. The van der Waals surface area contributed by atoms with Crippen molar-refractivity contribution in [3.8, 4) is 0 Å². The van der Waals surface area contributed by atoms with Crippen molar-refractivity contribution < 1.29 is 0 Å². The van der Waals surface area contributed by atoms with Crippen molar-refractivity contribution >= 4 is 17.3 Å². The van der Waals surface area contributed by atoms with Crippen LogP contribution in [0.1, 0.15) is 35.8 Å². The maximum absolute atomic E-state index is 4.58. The number of aromatic nitrogens is 4. The first-order valence-electron chi connectivity index (χ1n) is 11.2. The zero-order valence-corrected chi connectivity index (χ0v) is 17.6. The van der Waals surface area contributed by atoms with Gasteiger partial charge < -0.3 is 15.5 Å². The second-order valence-electron chi connectivity index (χ2n) is 8.66. The fourth-order valence-electron chi connectivity index (χ4n) is 4.43. The van der Waals surface area contributed by atoms with E-state index in [9.17, 15) is 0 Å². The molecule has 8 heteroatoms. The highest BCUT2D eigenvalue weighted by molar-refractivity contribution is 5.68. The van der Waals surface area contributed by atoms with Gasteiger partial charge in [-0.25, -0.2) is 4.98 Å². The number of fused-ring (bicyclic) bond motifs is 1. The number of anilines is 2. The number of hydrogen-bond donors (Lipinski definition) is 3. The van der Waals surface area contributed by atoms with Crippen LogP contribution in [0.15, 0.2) is 48.9 Å². The summed E-state index contributed by atoms with van der Waals surface area (Å²) in [6.45, 7) is 6.08. The molecule has 0 bridgehead atoms. The van der Waals surface area contributed by atoms with Crippen LogP contribution in [0, 0.1) is 0 Å². The fourth-order valence-corrected chi connectivity index (χ4v) is 4.43. The average Bonchev–Trinajstić information content (AvgIpc) is 3.35. The first kappa shape index (κ1) is 18.7. The lowest BCUT2D eigenvalue weighted by atomic mass is 10.1. The molecule has 160 valence electrons. The molecule has 2 aliphatic heterocycles. The molecule has 0 atom stereocenters. The molecule has 0 radical (unpaired) electrons. The monoisotopic (exact) mass is 416 g/mol. The molecule has 4 heterocycles. The summed E-state index contributed by atoms with van der Waals surface area (Å²) in [5.74, 6) is 3.47. The zero-order chi connectivity index (χ0) is 20.6. The molecule has 31 heavy (non-hydrogen) atoms. The van der Waals surface area contributed by atoms with Crippen molar-refractivity contribution in [3.05, 3.63) is 66.0 Å². The Balaban J connectivity index is 1.24. The van der Waals surface area contributed by atoms with Gasteiger partial charge in [-0.05, 0) is 30.5 Å². The summed E-state index contributed by atoms with van der Waals surface area (Å²) in [7, 11) is 0. The number of hydrogen-bond acceptors (Lipinski definition) is 6. The normalized spacial score (nSPS) is 19.2. The van der Waals surface area contributed by atoms with Crippen molar-refractivity contribution in [1.82, 2.24) is 30.0 Å². The number of imidazole rings is 1. The molecule has 3 aliphatic rings. The Morgan fingerprint density at radius 2 is 2.03 bits per heavy atom. The van der Waals surface area contributed by atoms with Crippen LogP contribution in [0.25, 0.3) is 5.82 Å². The number of nitrogens with zero attached hydrogens (tertiary/aromatic N) is 5. The predicted octanol–water partition coefficient (Wildman–Crippen LogP) is 2.78. The third kappa shape index (κ3) is 3.96. The summed E-state index contributed by atoms with van der Waals surface area (Å²) < 4.78 is 2.10. The molecule has 2 fully saturated rings. The number of H-pyrrole nitrogens is 1. The van der Waals surface area contributed by atoms with Gasteiger partial charge in [-0.3, -0.25) is 14.6 Å². The Morgan fingerprint density at radius 3 is 2.90 bits per heavy atom. The predicted molar refractivity (Wildman–Crippen MR) is 121 cm³/mol. The molecule has 1 aliphatic carbocycles. The molecule has 3 N–H and O–H groups in total. The van der Waals surface area contributed by atoms with Crippen molar-refractivity contribution in [1.29, 1.82) is 0 Å². The van der Waals surface area contributed by atoms with Gasteiger partial charge in [0, 0.05) is 74.7 Å². The molecule has 2 aromatic heterocycles. The Kier molecular flexibility index (Phi) is 4.73. The van der Waals surface area contributed by atoms with E-state index >= 15 is 0 Å². The fraction of sp³-hybridized carbons (Fsp3) is 0.391. The summed E-state index contributed by atoms with van der Waals surface area (Å²) in [6, 6.07) is 11.0. The quantitative estimate of drug-likeness (QED) is 0.574. The molecule has 0 spiro atoms. The SMILES string of the molecule is C1=C(Nc2cc(C3CC3)[nH]n2)n2ccnc2CN1c1cccc(CN2CCNCC2)c1. The third-order valence-electron chi connectivity index (χ3n) is 6.30. The molecule has 8 nitrogen and oxygen atoms in total. The van der Waals surface area contributed by atoms with Crippen molar-refractivity contribution in [2.75, 3.05) is 36.4 Å². The van der Waals surface area contributed by atoms with Gasteiger partial charge in [0.25, 0.3) is 0 Å². The zero-order valence-electron chi connectivity index (χ0n) is 17.6. The number of aromatic amines is 1. The van der Waals surface area contributed by atoms with Crippen LogP contribution in [-0.4, -0.2) is 50.8 Å². The molecule has 1 aromatic carbocycles. The minimum atomic E-state index is 0.655. The van der Waals surface area contributed by atoms with Crippen LogP contribution in [-0.2, 0) is 13.1 Å². The standard InChI is InChI=1S/C23H28N8/c1-2-17(14-29-9-6-24-7-10-29)12-19(3-1)30-15-22-25-8-11-31(22)23(16-30)26-21-13-20(27-28-21)18-4-5-18/h1-3,8,11-13,16,18,24H,4-7,9-10,14-15H2,(H2,26,27,28). The van der Waals surface area contributed by atoms with Crippen LogP contribution in [0.5, 0.6) is 0 Å². The molecule has 1 saturated carbocycles. The van der Waals surface area contributed by atoms with E-state index < -0.39 is 0 Å². The van der Waals surface area contributed by atoms with Crippen LogP contribution in [0.4, 0.5) is 11.5 Å². The van der Waals surface area contributed by atoms with E-state index in [0.717, 1.165) is 56.7 Å². The summed E-state index contributed by atoms with van der Waals surface area (Å²) >= 11 is 0. The lowest BCUT2D eigenvalue weighted by Gasteiger charge is -2.29. The highest BCUT2D eigenvalue weighted by atomic mass is 15.3. The summed E-state index contributed by atoms with van der Waals surface area (Å²) in [5.41, 5.74) is 3.75. The number of nitrogens with one attached hydrogen (secondary N) is 3. The van der Waals surface area contributed by atoms with Gasteiger partial charge >= 0.3 is 0 Å². The van der Waals surface area contributed by atoms with E-state index in [1.807, 2.05) is 12.4 Å². The highest BCUT2D eigenvalue weighted by Gasteiger charge is 2.26. The Labute approximate surface area is 182 Å². The Hall–Kier alpha value is -3.10. The summed E-state index contributed by atoms with van der Waals surface area (Å²) in [4.78, 5) is 9.36. The van der Waals surface area contributed by atoms with Gasteiger partial charge in [0.1, 0.15) is 11.6 Å². The van der Waals surface area contributed by atoms with Crippen LogP contribution < -0.4 is 15.5 Å². The number of piperazine rings is 1. The number of benzene rings is 1. The first-order chi connectivity index (χ1) is 15.3. The first-order valence-corrected chi connectivity index (χ1v) is 11.2. The van der Waals surface area contributed by atoms with Crippen LogP contribution in [0.3, 0.4) is 0 Å². The third-order valence-corrected chi connectivity index (χ3v) is 6.30. The lowest BCUT2D eigenvalue weighted by Crippen LogP contribution is -2.42. The van der Waals surface area contributed by atoms with Gasteiger partial charge in [-0.1, -0.05) is 12.1 Å². The maximum atomic E-state index is 4.58. The molecule has 3 aromatic rings. The van der Waals surface area contributed by atoms with Gasteiger partial charge in [-0.15, -0.1) is 0 Å². The van der Waals surface area contributed by atoms with Gasteiger partial charge in [0.15, 0.2) is 5.82 Å². The minimum Gasteiger partial charge on any atom is -0.337 e. The second kappa shape index (κ2) is 7.86. The van der Waals surface area contributed by atoms with Crippen molar-refractivity contribution in [2.45, 2.75) is 31.8 Å². The van der Waals surface area contributed by atoms with Crippen LogP contribution in [0.2, 0.25) is 0 Å². The molecule has 6 rings (SSSR count). The molecular weight excluding hydrogens is 388 g/mol. The molecular formula is C23H28N8. The minimum absolute atomic E-state index is 0.655. The van der Waals surface area contributed by atoms with E-state index in [-0.39, 0.29) is 0 Å². The van der Waals surface area contributed by atoms with E-state index in [4.69, 9.17) is 0 Å². The van der Waals surface area contributed by atoms with E-state index in [1.165, 1.54) is 29.8 Å². The summed E-state index contributed by atoms with van der Waals surface area (Å²) in [6.07, 6.45) is 8.53. The Morgan fingerprint density at radius 1 is 1.13 bits per heavy atom. The van der Waals surface area contributed by atoms with Crippen molar-refractivity contribution in [3.63, 3.8) is 0 Å². The molecule has 0 amide bonds. The van der Waals surface area contributed by atoms with Gasteiger partial charge in [0.05, 0.1) is 6.54 Å². The smallest absolute Gasteiger partial charge is 0.153 e. The average molecular weight is 417 g/mol. The lowest BCUT2D eigenvalue weighted by molar-refractivity contribution is 0.233. The largest absolute Gasteiger partial charge is 0.337 e. The highest BCUT2D eigenvalue weighted by Crippen LogP contribution is 2.39. The molecule has 0 unspecified atom stereocenters. The Bertz CT molecular complexity index is 1090. The van der Waals surface area contributed by atoms with Gasteiger partial charge in [-0.2, -0.15) is 5.10 Å². The maximum Gasteiger partial charge on any atom is 0.153 e. The summed E-state index contributed by atoms with van der Waals surface area (Å²) in [5, 5.41) is 14.6. The van der Waals surface area contributed by atoms with Crippen LogP contribution >= 0.6 is 0 Å². The van der Waals surface area contributed by atoms with Gasteiger partial charge in [0.2, 0.25) is 0 Å². The molecule has 1 saturated heterocycles. The topological polar surface area (TPSA) is 77.0 Å². The van der Waals surface area contributed by atoms with E-state index in [1.54, 1.807) is 0 Å². The van der Waals surface area contributed by atoms with Crippen molar-refractivity contribution in [2.24, 2.45) is 0 Å².